The number of hydrogen-bond donors (Lipinski definition) is 2. The Balaban J connectivity index is 1.82. The van der Waals surface area contributed by atoms with Gasteiger partial charge < -0.3 is 10.4 Å². The summed E-state index contributed by atoms with van der Waals surface area (Å²) in [6.07, 6.45) is 7.84. The van der Waals surface area contributed by atoms with Gasteiger partial charge in [-0.15, -0.1) is 0 Å². The van der Waals surface area contributed by atoms with Crippen LogP contribution in [-0.4, -0.2) is 24.3 Å². The van der Waals surface area contributed by atoms with Gasteiger partial charge in [0.15, 0.2) is 0 Å². The standard InChI is InChI=1S/C13H25NO/c1-12(2)6-4-3-5-11(12)14-9-13(10-15)7-8-13/h11,14-15H,3-10H2,1-2H3. The molecule has 2 aliphatic rings. The van der Waals surface area contributed by atoms with Crippen molar-refractivity contribution >= 4 is 0 Å². The summed E-state index contributed by atoms with van der Waals surface area (Å²) in [5.74, 6) is 0. The van der Waals surface area contributed by atoms with Crippen molar-refractivity contribution in [1.29, 1.82) is 0 Å². The SMILES string of the molecule is CC1(C)CCCCC1NCC1(CO)CC1. The Kier molecular flexibility index (Phi) is 3.09. The highest BCUT2D eigenvalue weighted by Crippen LogP contribution is 2.45. The van der Waals surface area contributed by atoms with Gasteiger partial charge in [-0.2, -0.15) is 0 Å². The van der Waals surface area contributed by atoms with E-state index in [0.29, 0.717) is 18.1 Å². The van der Waals surface area contributed by atoms with Gasteiger partial charge in [0.05, 0.1) is 0 Å². The first-order valence-electron chi connectivity index (χ1n) is 6.42. The molecule has 88 valence electrons. The molecule has 0 amide bonds. The third-order valence-corrected chi connectivity index (χ3v) is 4.52. The van der Waals surface area contributed by atoms with Gasteiger partial charge in [-0.05, 0) is 31.1 Å². The molecule has 2 heteroatoms. The molecule has 2 nitrogen and oxygen atoms in total. The molecule has 2 rings (SSSR count). The van der Waals surface area contributed by atoms with Gasteiger partial charge in [0.1, 0.15) is 0 Å². The maximum Gasteiger partial charge on any atom is 0.0499 e. The van der Waals surface area contributed by atoms with Crippen molar-refractivity contribution in [2.75, 3.05) is 13.2 Å². The van der Waals surface area contributed by atoms with Gasteiger partial charge in [-0.3, -0.25) is 0 Å². The fourth-order valence-electron chi connectivity index (χ4n) is 2.78. The van der Waals surface area contributed by atoms with Crippen LogP contribution in [0.2, 0.25) is 0 Å². The molecule has 2 N–H and O–H groups in total. The van der Waals surface area contributed by atoms with Gasteiger partial charge in [-0.25, -0.2) is 0 Å². The maximum atomic E-state index is 9.28. The van der Waals surface area contributed by atoms with Crippen molar-refractivity contribution in [2.45, 2.75) is 58.4 Å². The van der Waals surface area contributed by atoms with Gasteiger partial charge in [0.2, 0.25) is 0 Å². The molecule has 0 radical (unpaired) electrons. The summed E-state index contributed by atoms with van der Waals surface area (Å²) in [7, 11) is 0. The van der Waals surface area contributed by atoms with Crippen LogP contribution in [0.15, 0.2) is 0 Å². The van der Waals surface area contributed by atoms with E-state index in [1.807, 2.05) is 0 Å². The second-order valence-corrected chi connectivity index (χ2v) is 6.33. The van der Waals surface area contributed by atoms with E-state index >= 15 is 0 Å². The molecule has 0 aromatic rings. The number of hydrogen-bond acceptors (Lipinski definition) is 2. The number of aliphatic hydroxyl groups excluding tert-OH is 1. The zero-order chi connectivity index (χ0) is 10.9. The van der Waals surface area contributed by atoms with E-state index in [1.54, 1.807) is 0 Å². The predicted molar refractivity (Wildman–Crippen MR) is 62.8 cm³/mol. The van der Waals surface area contributed by atoms with Crippen LogP contribution in [0.4, 0.5) is 0 Å². The Hall–Kier alpha value is -0.0800. The van der Waals surface area contributed by atoms with Crippen LogP contribution in [0.1, 0.15) is 52.4 Å². The van der Waals surface area contributed by atoms with Crippen LogP contribution in [0.3, 0.4) is 0 Å². The van der Waals surface area contributed by atoms with E-state index < -0.39 is 0 Å². The predicted octanol–water partition coefficient (Wildman–Crippen LogP) is 2.32. The van der Waals surface area contributed by atoms with Crippen molar-refractivity contribution in [3.8, 4) is 0 Å². The number of aliphatic hydroxyl groups is 1. The van der Waals surface area contributed by atoms with Crippen molar-refractivity contribution in [3.05, 3.63) is 0 Å². The van der Waals surface area contributed by atoms with Crippen LogP contribution in [-0.2, 0) is 0 Å². The molecule has 0 aromatic heterocycles. The zero-order valence-corrected chi connectivity index (χ0v) is 10.2. The highest BCUT2D eigenvalue weighted by Gasteiger charge is 2.43. The first-order chi connectivity index (χ1) is 7.08. The fourth-order valence-corrected chi connectivity index (χ4v) is 2.78. The minimum Gasteiger partial charge on any atom is -0.396 e. The van der Waals surface area contributed by atoms with Crippen LogP contribution in [0.25, 0.3) is 0 Å². The molecule has 0 saturated heterocycles. The molecule has 1 unspecified atom stereocenters. The van der Waals surface area contributed by atoms with Gasteiger partial charge in [-0.1, -0.05) is 26.7 Å². The summed E-state index contributed by atoms with van der Waals surface area (Å²) >= 11 is 0. The zero-order valence-electron chi connectivity index (χ0n) is 10.2. The van der Waals surface area contributed by atoms with Gasteiger partial charge >= 0.3 is 0 Å². The molecule has 0 bridgehead atoms. The first-order valence-corrected chi connectivity index (χ1v) is 6.42. The number of rotatable bonds is 4. The topological polar surface area (TPSA) is 32.3 Å². The minimum absolute atomic E-state index is 0.257. The van der Waals surface area contributed by atoms with Crippen LogP contribution >= 0.6 is 0 Å². The van der Waals surface area contributed by atoms with E-state index in [9.17, 15) is 5.11 Å². The maximum absolute atomic E-state index is 9.28. The molecule has 15 heavy (non-hydrogen) atoms. The Morgan fingerprint density at radius 1 is 1.20 bits per heavy atom. The lowest BCUT2D eigenvalue weighted by atomic mass is 9.73. The van der Waals surface area contributed by atoms with E-state index in [4.69, 9.17) is 0 Å². The van der Waals surface area contributed by atoms with Gasteiger partial charge in [0.25, 0.3) is 0 Å². The van der Waals surface area contributed by atoms with Crippen molar-refractivity contribution in [2.24, 2.45) is 10.8 Å². The lowest BCUT2D eigenvalue weighted by Gasteiger charge is -2.40. The van der Waals surface area contributed by atoms with E-state index in [1.165, 1.54) is 38.5 Å². The second-order valence-electron chi connectivity index (χ2n) is 6.33. The normalized spacial score (nSPS) is 32.6. The van der Waals surface area contributed by atoms with Gasteiger partial charge in [0, 0.05) is 24.6 Å². The van der Waals surface area contributed by atoms with E-state index in [-0.39, 0.29) is 5.41 Å². The van der Waals surface area contributed by atoms with Crippen molar-refractivity contribution < 1.29 is 5.11 Å². The highest BCUT2D eigenvalue weighted by atomic mass is 16.3. The van der Waals surface area contributed by atoms with Crippen LogP contribution in [0.5, 0.6) is 0 Å². The summed E-state index contributed by atoms with van der Waals surface area (Å²) in [4.78, 5) is 0. The summed E-state index contributed by atoms with van der Waals surface area (Å²) in [5, 5.41) is 13.0. The lowest BCUT2D eigenvalue weighted by Crippen LogP contribution is -2.46. The fraction of sp³-hybridized carbons (Fsp3) is 1.00. The Labute approximate surface area is 93.5 Å². The third kappa shape index (κ3) is 2.54. The van der Waals surface area contributed by atoms with Crippen molar-refractivity contribution in [3.63, 3.8) is 0 Å². The molecule has 0 aromatic carbocycles. The van der Waals surface area contributed by atoms with Crippen molar-refractivity contribution in [1.82, 2.24) is 5.32 Å². The van der Waals surface area contributed by atoms with E-state index in [0.717, 1.165) is 6.54 Å². The largest absolute Gasteiger partial charge is 0.396 e. The Morgan fingerprint density at radius 3 is 2.47 bits per heavy atom. The second kappa shape index (κ2) is 4.06. The Morgan fingerprint density at radius 2 is 1.93 bits per heavy atom. The minimum atomic E-state index is 0.257. The lowest BCUT2D eigenvalue weighted by molar-refractivity contribution is 0.145. The quantitative estimate of drug-likeness (QED) is 0.748. The summed E-state index contributed by atoms with van der Waals surface area (Å²) in [6.45, 7) is 6.15. The third-order valence-electron chi connectivity index (χ3n) is 4.52. The molecule has 1 atom stereocenters. The smallest absolute Gasteiger partial charge is 0.0499 e. The monoisotopic (exact) mass is 211 g/mol. The van der Waals surface area contributed by atoms with Crippen LogP contribution in [0, 0.1) is 10.8 Å². The average Bonchev–Trinajstić information content (AvgIpc) is 2.96. The molecule has 0 spiro atoms. The molecule has 2 saturated carbocycles. The summed E-state index contributed by atoms with van der Waals surface area (Å²) in [5.41, 5.74) is 0.706. The summed E-state index contributed by atoms with van der Waals surface area (Å²) in [6, 6.07) is 0.662. The molecular weight excluding hydrogens is 186 g/mol. The summed E-state index contributed by atoms with van der Waals surface area (Å²) < 4.78 is 0. The molecule has 0 aliphatic heterocycles. The van der Waals surface area contributed by atoms with Crippen LogP contribution < -0.4 is 5.32 Å². The molecule has 2 aliphatic carbocycles. The first kappa shape index (κ1) is 11.4. The Bertz CT molecular complexity index is 221. The average molecular weight is 211 g/mol. The molecule has 2 fully saturated rings. The highest BCUT2D eigenvalue weighted by molar-refractivity contribution is 4.97. The molecule has 0 heterocycles. The van der Waals surface area contributed by atoms with E-state index in [2.05, 4.69) is 19.2 Å². The number of nitrogens with one attached hydrogen (secondary N) is 1. The molecular formula is C13H25NO.